The third-order valence-corrected chi connectivity index (χ3v) is 5.05. The molecule has 1 aliphatic carbocycles. The molecule has 0 N–H and O–H groups in total. The van der Waals surface area contributed by atoms with Crippen LogP contribution in [0.5, 0.6) is 0 Å². The average molecular weight is 217 g/mol. The molecular formula is C10H19NO2S. The number of nitrogens with zero attached hydrogens (tertiary/aromatic N) is 1. The fourth-order valence-corrected chi connectivity index (χ4v) is 4.75. The summed E-state index contributed by atoms with van der Waals surface area (Å²) in [5.74, 6) is 0.633. The number of hydrogen-bond acceptors (Lipinski definition) is 2. The Labute approximate surface area is 86.5 Å². The Bertz CT molecular complexity index is 312. The van der Waals surface area contributed by atoms with Gasteiger partial charge in [0, 0.05) is 12.1 Å². The summed E-state index contributed by atoms with van der Waals surface area (Å²) in [5.41, 5.74) is 0. The predicted octanol–water partition coefficient (Wildman–Crippen LogP) is 1.60. The Hall–Kier alpha value is -0.0900. The number of rotatable bonds is 1. The zero-order chi connectivity index (χ0) is 10.3. The average Bonchev–Trinajstić information content (AvgIpc) is 2.38. The minimum atomic E-state index is -2.99. The fraction of sp³-hybridized carbons (Fsp3) is 1.00. The Morgan fingerprint density at radius 2 is 1.86 bits per heavy atom. The maximum atomic E-state index is 11.6. The van der Waals surface area contributed by atoms with Crippen molar-refractivity contribution in [1.82, 2.24) is 4.31 Å². The van der Waals surface area contributed by atoms with Gasteiger partial charge in [-0.25, -0.2) is 8.42 Å². The van der Waals surface area contributed by atoms with E-state index in [1.807, 2.05) is 6.92 Å². The summed E-state index contributed by atoms with van der Waals surface area (Å²) in [7, 11) is -2.99. The van der Waals surface area contributed by atoms with E-state index < -0.39 is 10.0 Å². The van der Waals surface area contributed by atoms with Gasteiger partial charge in [0.1, 0.15) is 0 Å². The van der Waals surface area contributed by atoms with Crippen LogP contribution in [0.25, 0.3) is 0 Å². The van der Waals surface area contributed by atoms with E-state index in [0.717, 1.165) is 12.8 Å². The lowest BCUT2D eigenvalue weighted by Gasteiger charge is -2.31. The van der Waals surface area contributed by atoms with Gasteiger partial charge in [-0.3, -0.25) is 0 Å². The molecule has 3 nitrogen and oxygen atoms in total. The number of sulfonamides is 1. The van der Waals surface area contributed by atoms with E-state index in [1.54, 1.807) is 4.31 Å². The molecule has 1 saturated carbocycles. The summed E-state index contributed by atoms with van der Waals surface area (Å²) in [6.07, 6.45) is 7.19. The van der Waals surface area contributed by atoms with E-state index in [9.17, 15) is 8.42 Å². The molecule has 2 aliphatic rings. The highest BCUT2D eigenvalue weighted by molar-refractivity contribution is 7.88. The zero-order valence-corrected chi connectivity index (χ0v) is 9.76. The molecule has 0 bridgehead atoms. The molecular weight excluding hydrogens is 198 g/mol. The van der Waals surface area contributed by atoms with Crippen LogP contribution in [0.3, 0.4) is 0 Å². The highest BCUT2D eigenvalue weighted by Gasteiger charge is 2.44. The third-order valence-electron chi connectivity index (χ3n) is 3.66. The summed E-state index contributed by atoms with van der Waals surface area (Å²) < 4.78 is 25.0. The van der Waals surface area contributed by atoms with Crippen LogP contribution in [-0.4, -0.2) is 31.1 Å². The van der Waals surface area contributed by atoms with Crippen molar-refractivity contribution in [1.29, 1.82) is 0 Å². The van der Waals surface area contributed by atoms with Crippen LogP contribution >= 0.6 is 0 Å². The molecule has 2 rings (SSSR count). The van der Waals surface area contributed by atoms with Crippen molar-refractivity contribution in [2.75, 3.05) is 6.26 Å². The molecule has 0 aromatic carbocycles. The van der Waals surface area contributed by atoms with Crippen molar-refractivity contribution >= 4 is 10.0 Å². The molecule has 82 valence electrons. The first-order valence-corrected chi connectivity index (χ1v) is 7.33. The summed E-state index contributed by atoms with van der Waals surface area (Å²) in [6.45, 7) is 2.04. The SMILES string of the molecule is CC1CC2CCCCC2N1S(C)(=O)=O. The highest BCUT2D eigenvalue weighted by Crippen LogP contribution is 2.40. The molecule has 3 atom stereocenters. The molecule has 0 aromatic rings. The van der Waals surface area contributed by atoms with Crippen LogP contribution in [0.2, 0.25) is 0 Å². The molecule has 2 fully saturated rings. The van der Waals surface area contributed by atoms with Gasteiger partial charge in [0.25, 0.3) is 0 Å². The van der Waals surface area contributed by atoms with Crippen molar-refractivity contribution in [3.63, 3.8) is 0 Å². The molecule has 0 spiro atoms. The molecule has 4 heteroatoms. The van der Waals surface area contributed by atoms with Crippen LogP contribution in [0.4, 0.5) is 0 Å². The van der Waals surface area contributed by atoms with E-state index >= 15 is 0 Å². The first kappa shape index (κ1) is 10.4. The minimum Gasteiger partial charge on any atom is -0.212 e. The molecule has 1 aliphatic heterocycles. The Kier molecular flexibility index (Phi) is 2.60. The Morgan fingerprint density at radius 1 is 1.21 bits per heavy atom. The van der Waals surface area contributed by atoms with Crippen molar-refractivity contribution in [2.24, 2.45) is 5.92 Å². The van der Waals surface area contributed by atoms with E-state index in [1.165, 1.54) is 25.5 Å². The summed E-state index contributed by atoms with van der Waals surface area (Å²) in [6, 6.07) is 0.534. The van der Waals surface area contributed by atoms with Gasteiger partial charge in [-0.2, -0.15) is 4.31 Å². The van der Waals surface area contributed by atoms with Gasteiger partial charge in [-0.05, 0) is 32.1 Å². The third kappa shape index (κ3) is 1.70. The van der Waals surface area contributed by atoms with Crippen LogP contribution in [0, 0.1) is 5.92 Å². The lowest BCUT2D eigenvalue weighted by molar-refractivity contribution is 0.249. The standard InChI is InChI=1S/C10H19NO2S/c1-8-7-9-5-3-4-6-10(9)11(8)14(2,12)13/h8-10H,3-7H2,1-2H3. The second kappa shape index (κ2) is 3.49. The molecule has 3 unspecified atom stereocenters. The highest BCUT2D eigenvalue weighted by atomic mass is 32.2. The van der Waals surface area contributed by atoms with Crippen LogP contribution in [-0.2, 0) is 10.0 Å². The molecule has 1 saturated heterocycles. The first-order valence-electron chi connectivity index (χ1n) is 5.48. The lowest BCUT2D eigenvalue weighted by atomic mass is 9.85. The summed E-state index contributed by atoms with van der Waals surface area (Å²) in [5, 5.41) is 0. The monoisotopic (exact) mass is 217 g/mol. The van der Waals surface area contributed by atoms with Crippen molar-refractivity contribution in [2.45, 2.75) is 51.1 Å². The normalized spacial score (nSPS) is 39.7. The van der Waals surface area contributed by atoms with Crippen LogP contribution < -0.4 is 0 Å². The summed E-state index contributed by atoms with van der Waals surface area (Å²) >= 11 is 0. The zero-order valence-electron chi connectivity index (χ0n) is 8.94. The van der Waals surface area contributed by atoms with E-state index in [-0.39, 0.29) is 6.04 Å². The molecule has 1 heterocycles. The van der Waals surface area contributed by atoms with Gasteiger partial charge in [0.2, 0.25) is 10.0 Å². The van der Waals surface area contributed by atoms with E-state index in [0.29, 0.717) is 12.0 Å². The smallest absolute Gasteiger partial charge is 0.211 e. The predicted molar refractivity (Wildman–Crippen MR) is 56.5 cm³/mol. The largest absolute Gasteiger partial charge is 0.212 e. The molecule has 0 amide bonds. The van der Waals surface area contributed by atoms with E-state index in [4.69, 9.17) is 0 Å². The lowest BCUT2D eigenvalue weighted by Crippen LogP contribution is -2.41. The molecule has 14 heavy (non-hydrogen) atoms. The van der Waals surface area contributed by atoms with Gasteiger partial charge < -0.3 is 0 Å². The second-order valence-electron chi connectivity index (χ2n) is 4.79. The van der Waals surface area contributed by atoms with Gasteiger partial charge in [-0.15, -0.1) is 0 Å². The van der Waals surface area contributed by atoms with Crippen molar-refractivity contribution < 1.29 is 8.42 Å². The van der Waals surface area contributed by atoms with Crippen LogP contribution in [0.15, 0.2) is 0 Å². The number of hydrogen-bond donors (Lipinski definition) is 0. The summed E-state index contributed by atoms with van der Waals surface area (Å²) in [4.78, 5) is 0. The number of fused-ring (bicyclic) bond motifs is 1. The van der Waals surface area contributed by atoms with E-state index in [2.05, 4.69) is 0 Å². The maximum absolute atomic E-state index is 11.6. The topological polar surface area (TPSA) is 37.4 Å². The minimum absolute atomic E-state index is 0.220. The van der Waals surface area contributed by atoms with Gasteiger partial charge in [0.15, 0.2) is 0 Å². The van der Waals surface area contributed by atoms with Gasteiger partial charge in [-0.1, -0.05) is 12.8 Å². The van der Waals surface area contributed by atoms with Crippen molar-refractivity contribution in [3.8, 4) is 0 Å². The molecule has 0 radical (unpaired) electrons. The van der Waals surface area contributed by atoms with Crippen LogP contribution in [0.1, 0.15) is 39.0 Å². The Balaban J connectivity index is 2.24. The fourth-order valence-electron chi connectivity index (χ4n) is 3.24. The van der Waals surface area contributed by atoms with Crippen molar-refractivity contribution in [3.05, 3.63) is 0 Å². The second-order valence-corrected chi connectivity index (χ2v) is 6.68. The van der Waals surface area contributed by atoms with Gasteiger partial charge >= 0.3 is 0 Å². The van der Waals surface area contributed by atoms with Gasteiger partial charge in [0.05, 0.1) is 6.26 Å². The quantitative estimate of drug-likeness (QED) is 0.669. The Morgan fingerprint density at radius 3 is 2.50 bits per heavy atom. The first-order chi connectivity index (χ1) is 6.50. The molecule has 0 aromatic heterocycles. The maximum Gasteiger partial charge on any atom is 0.211 e.